The maximum atomic E-state index is 5.90. The molecule has 2 N–H and O–H groups in total. The predicted molar refractivity (Wildman–Crippen MR) is 62.9 cm³/mol. The molecule has 16 heavy (non-hydrogen) atoms. The normalized spacial score (nSPS) is 19.1. The molecule has 0 aliphatic carbocycles. The summed E-state index contributed by atoms with van der Waals surface area (Å²) in [4.78, 5) is 2.47. The van der Waals surface area contributed by atoms with E-state index in [4.69, 9.17) is 5.73 Å². The summed E-state index contributed by atoms with van der Waals surface area (Å²) in [6, 6.07) is 0.0283. The highest BCUT2D eigenvalue weighted by Gasteiger charge is 2.12. The van der Waals surface area contributed by atoms with Crippen molar-refractivity contribution in [3.05, 3.63) is 11.9 Å². The van der Waals surface area contributed by atoms with E-state index in [0.29, 0.717) is 0 Å². The number of hydrogen-bond acceptors (Lipinski definition) is 4. The van der Waals surface area contributed by atoms with Crippen molar-refractivity contribution in [1.82, 2.24) is 19.9 Å². The van der Waals surface area contributed by atoms with Gasteiger partial charge in [-0.15, -0.1) is 5.10 Å². The topological polar surface area (TPSA) is 60.0 Å². The quantitative estimate of drug-likeness (QED) is 0.801. The first-order valence-corrected chi connectivity index (χ1v) is 6.17. The molecule has 90 valence electrons. The van der Waals surface area contributed by atoms with E-state index in [0.717, 1.165) is 25.2 Å². The first-order valence-electron chi connectivity index (χ1n) is 6.17. The fourth-order valence-electron chi connectivity index (χ4n) is 2.05. The van der Waals surface area contributed by atoms with Crippen LogP contribution in [0.3, 0.4) is 0 Å². The Hall–Kier alpha value is -0.940. The lowest BCUT2D eigenvalue weighted by molar-refractivity contribution is 0.314. The van der Waals surface area contributed by atoms with Crippen LogP contribution in [0.2, 0.25) is 0 Å². The van der Waals surface area contributed by atoms with E-state index in [9.17, 15) is 0 Å². The van der Waals surface area contributed by atoms with Gasteiger partial charge in [0.05, 0.1) is 24.5 Å². The molecule has 0 radical (unpaired) electrons. The molecule has 1 fully saturated rings. The van der Waals surface area contributed by atoms with E-state index >= 15 is 0 Å². The standard InChI is InChI=1S/C11H21N5/c1-2-10(12)11-9-16(14-13-11)8-7-15-5-3-4-6-15/h9-10H,2-8,12H2,1H3. The molecule has 1 saturated heterocycles. The van der Waals surface area contributed by atoms with Crippen molar-refractivity contribution in [3.8, 4) is 0 Å². The van der Waals surface area contributed by atoms with Crippen molar-refractivity contribution in [3.63, 3.8) is 0 Å². The van der Waals surface area contributed by atoms with E-state index in [2.05, 4.69) is 22.1 Å². The molecule has 5 heteroatoms. The number of hydrogen-bond donors (Lipinski definition) is 1. The fraction of sp³-hybridized carbons (Fsp3) is 0.818. The van der Waals surface area contributed by atoms with Crippen LogP contribution in [0.25, 0.3) is 0 Å². The molecule has 1 aliphatic heterocycles. The van der Waals surface area contributed by atoms with Gasteiger partial charge in [-0.25, -0.2) is 0 Å². The highest BCUT2D eigenvalue weighted by Crippen LogP contribution is 2.10. The third-order valence-electron chi connectivity index (χ3n) is 3.22. The highest BCUT2D eigenvalue weighted by atomic mass is 15.4. The monoisotopic (exact) mass is 223 g/mol. The Kier molecular flexibility index (Phi) is 3.90. The summed E-state index contributed by atoms with van der Waals surface area (Å²) in [5, 5.41) is 8.21. The van der Waals surface area contributed by atoms with Gasteiger partial charge < -0.3 is 10.6 Å². The van der Waals surface area contributed by atoms with E-state index in [1.807, 2.05) is 10.9 Å². The second-order valence-corrected chi connectivity index (χ2v) is 4.47. The second-order valence-electron chi connectivity index (χ2n) is 4.47. The average molecular weight is 223 g/mol. The summed E-state index contributed by atoms with van der Waals surface area (Å²) >= 11 is 0. The number of nitrogens with zero attached hydrogens (tertiary/aromatic N) is 4. The molecule has 0 saturated carbocycles. The molecule has 0 aromatic carbocycles. The van der Waals surface area contributed by atoms with Crippen LogP contribution in [0, 0.1) is 0 Å². The molecule has 1 aromatic heterocycles. The van der Waals surface area contributed by atoms with Crippen LogP contribution in [0.5, 0.6) is 0 Å². The van der Waals surface area contributed by atoms with Gasteiger partial charge in [0.2, 0.25) is 0 Å². The Morgan fingerprint density at radius 3 is 2.81 bits per heavy atom. The lowest BCUT2D eigenvalue weighted by Crippen LogP contribution is -2.24. The Labute approximate surface area is 96.6 Å². The molecule has 1 atom stereocenters. The zero-order chi connectivity index (χ0) is 11.4. The van der Waals surface area contributed by atoms with Crippen molar-refractivity contribution in [2.45, 2.75) is 38.8 Å². The van der Waals surface area contributed by atoms with Crippen LogP contribution in [0.1, 0.15) is 37.9 Å². The molecule has 1 aliphatic rings. The number of likely N-dealkylation sites (tertiary alicyclic amines) is 1. The average Bonchev–Trinajstić information content (AvgIpc) is 2.96. The Morgan fingerprint density at radius 2 is 2.12 bits per heavy atom. The lowest BCUT2D eigenvalue weighted by Gasteiger charge is -2.13. The van der Waals surface area contributed by atoms with E-state index in [1.165, 1.54) is 25.9 Å². The van der Waals surface area contributed by atoms with Gasteiger partial charge in [-0.1, -0.05) is 12.1 Å². The van der Waals surface area contributed by atoms with Gasteiger partial charge in [0, 0.05) is 6.54 Å². The summed E-state index contributed by atoms with van der Waals surface area (Å²) in [5.74, 6) is 0. The number of rotatable bonds is 5. The molecule has 2 heterocycles. The Bertz CT molecular complexity index is 316. The first kappa shape index (κ1) is 11.5. The van der Waals surface area contributed by atoms with E-state index in [-0.39, 0.29) is 6.04 Å². The molecule has 5 nitrogen and oxygen atoms in total. The summed E-state index contributed by atoms with van der Waals surface area (Å²) in [5.41, 5.74) is 6.81. The smallest absolute Gasteiger partial charge is 0.0993 e. The SMILES string of the molecule is CCC(N)c1cn(CCN2CCCC2)nn1. The predicted octanol–water partition coefficient (Wildman–Crippen LogP) is 0.784. The van der Waals surface area contributed by atoms with Crippen molar-refractivity contribution in [2.24, 2.45) is 5.73 Å². The zero-order valence-electron chi connectivity index (χ0n) is 9.97. The largest absolute Gasteiger partial charge is 0.323 e. The van der Waals surface area contributed by atoms with Crippen LogP contribution >= 0.6 is 0 Å². The van der Waals surface area contributed by atoms with Gasteiger partial charge in [-0.2, -0.15) is 0 Å². The zero-order valence-corrected chi connectivity index (χ0v) is 9.97. The molecule has 1 unspecified atom stereocenters. The molecule has 2 rings (SSSR count). The van der Waals surface area contributed by atoms with E-state index < -0.39 is 0 Å². The lowest BCUT2D eigenvalue weighted by atomic mass is 10.2. The van der Waals surface area contributed by atoms with Crippen LogP contribution in [-0.2, 0) is 6.54 Å². The summed E-state index contributed by atoms with van der Waals surface area (Å²) in [7, 11) is 0. The maximum absolute atomic E-state index is 5.90. The van der Waals surface area contributed by atoms with Gasteiger partial charge >= 0.3 is 0 Å². The second kappa shape index (κ2) is 5.41. The highest BCUT2D eigenvalue weighted by molar-refractivity contribution is 4.98. The van der Waals surface area contributed by atoms with Gasteiger partial charge in [0.25, 0.3) is 0 Å². The number of aromatic nitrogens is 3. The molecule has 0 bridgehead atoms. The minimum atomic E-state index is 0.0283. The Morgan fingerprint density at radius 1 is 1.38 bits per heavy atom. The van der Waals surface area contributed by atoms with Crippen molar-refractivity contribution in [2.75, 3.05) is 19.6 Å². The van der Waals surface area contributed by atoms with Gasteiger partial charge in [0.15, 0.2) is 0 Å². The van der Waals surface area contributed by atoms with E-state index in [1.54, 1.807) is 0 Å². The molecule has 0 amide bonds. The third kappa shape index (κ3) is 2.80. The molecular formula is C11H21N5. The van der Waals surface area contributed by atoms with Crippen LogP contribution in [0.15, 0.2) is 6.20 Å². The number of nitrogens with two attached hydrogens (primary N) is 1. The van der Waals surface area contributed by atoms with Crippen molar-refractivity contribution >= 4 is 0 Å². The van der Waals surface area contributed by atoms with Gasteiger partial charge in [-0.3, -0.25) is 4.68 Å². The summed E-state index contributed by atoms with van der Waals surface area (Å²) in [6.07, 6.45) is 5.56. The minimum absolute atomic E-state index is 0.0283. The van der Waals surface area contributed by atoms with Gasteiger partial charge in [0.1, 0.15) is 0 Å². The van der Waals surface area contributed by atoms with Crippen LogP contribution < -0.4 is 5.73 Å². The minimum Gasteiger partial charge on any atom is -0.323 e. The fourth-order valence-corrected chi connectivity index (χ4v) is 2.05. The molecule has 1 aromatic rings. The first-order chi connectivity index (χ1) is 7.79. The van der Waals surface area contributed by atoms with Crippen molar-refractivity contribution < 1.29 is 0 Å². The van der Waals surface area contributed by atoms with Crippen LogP contribution in [0.4, 0.5) is 0 Å². The molecular weight excluding hydrogens is 202 g/mol. The van der Waals surface area contributed by atoms with Gasteiger partial charge in [-0.05, 0) is 32.4 Å². The van der Waals surface area contributed by atoms with Crippen molar-refractivity contribution in [1.29, 1.82) is 0 Å². The maximum Gasteiger partial charge on any atom is 0.0993 e. The summed E-state index contributed by atoms with van der Waals surface area (Å²) in [6.45, 7) is 6.52. The van der Waals surface area contributed by atoms with Crippen LogP contribution in [-0.4, -0.2) is 39.5 Å². The molecule has 0 spiro atoms. The summed E-state index contributed by atoms with van der Waals surface area (Å²) < 4.78 is 1.91. The Balaban J connectivity index is 1.82. The third-order valence-corrected chi connectivity index (χ3v) is 3.22.